The number of fused-ring (bicyclic) bond motifs is 1. The minimum atomic E-state index is -0.0457. The molecule has 0 saturated carbocycles. The van der Waals surface area contributed by atoms with Crippen molar-refractivity contribution >= 4 is 38.3 Å². The molecule has 1 aromatic carbocycles. The van der Waals surface area contributed by atoms with Gasteiger partial charge in [-0.05, 0) is 44.9 Å². The number of hydrogen-bond donors (Lipinski definition) is 1. The number of hydrogen-bond acceptors (Lipinski definition) is 4. The second kappa shape index (κ2) is 4.93. The first-order valence-corrected chi connectivity index (χ1v) is 7.68. The first-order valence-electron chi connectivity index (χ1n) is 6.48. The maximum atomic E-state index is 6.00. The monoisotopic (exact) mass is 296 g/mol. The van der Waals surface area contributed by atoms with E-state index in [1.807, 2.05) is 18.2 Å². The molecule has 5 heteroatoms. The van der Waals surface area contributed by atoms with E-state index >= 15 is 0 Å². The molecule has 3 nitrogen and oxygen atoms in total. The molecule has 2 heterocycles. The highest BCUT2D eigenvalue weighted by Crippen LogP contribution is 2.31. The largest absolute Gasteiger partial charge is 0.375 e. The van der Waals surface area contributed by atoms with E-state index in [9.17, 15) is 0 Å². The van der Waals surface area contributed by atoms with Crippen LogP contribution in [0.5, 0.6) is 0 Å². The molecule has 1 atom stereocenters. The lowest BCUT2D eigenvalue weighted by Gasteiger charge is -2.35. The van der Waals surface area contributed by atoms with Crippen molar-refractivity contribution in [2.45, 2.75) is 38.3 Å². The van der Waals surface area contributed by atoms with E-state index in [-0.39, 0.29) is 5.60 Å². The van der Waals surface area contributed by atoms with Gasteiger partial charge in [-0.1, -0.05) is 22.9 Å². The summed E-state index contributed by atoms with van der Waals surface area (Å²) in [6.07, 6.45) is 2.03. The van der Waals surface area contributed by atoms with Gasteiger partial charge in [0.1, 0.15) is 0 Å². The normalized spacial score (nSPS) is 22.6. The maximum Gasteiger partial charge on any atom is 0.184 e. The third-order valence-corrected chi connectivity index (χ3v) is 4.56. The summed E-state index contributed by atoms with van der Waals surface area (Å²) in [4.78, 5) is 4.60. The summed E-state index contributed by atoms with van der Waals surface area (Å²) >= 11 is 7.66. The van der Waals surface area contributed by atoms with Crippen molar-refractivity contribution in [2.24, 2.45) is 0 Å². The molecule has 19 heavy (non-hydrogen) atoms. The Morgan fingerprint density at radius 1 is 1.47 bits per heavy atom. The van der Waals surface area contributed by atoms with Gasteiger partial charge in [-0.25, -0.2) is 4.98 Å². The topological polar surface area (TPSA) is 34.2 Å². The predicted molar refractivity (Wildman–Crippen MR) is 81.3 cm³/mol. The van der Waals surface area contributed by atoms with E-state index < -0.39 is 0 Å². The highest BCUT2D eigenvalue weighted by atomic mass is 35.5. The summed E-state index contributed by atoms with van der Waals surface area (Å²) < 4.78 is 6.86. The molecule has 1 aromatic heterocycles. The average molecular weight is 297 g/mol. The van der Waals surface area contributed by atoms with E-state index in [4.69, 9.17) is 16.3 Å². The molecule has 1 aliphatic rings. The SMILES string of the molecule is CC1(C)CC(Nc2nc3ccc(Cl)cc3s2)CCO1. The van der Waals surface area contributed by atoms with E-state index in [1.165, 1.54) is 0 Å². The van der Waals surface area contributed by atoms with Crippen molar-refractivity contribution in [1.29, 1.82) is 0 Å². The van der Waals surface area contributed by atoms with Crippen molar-refractivity contribution in [2.75, 3.05) is 11.9 Å². The van der Waals surface area contributed by atoms with Crippen LogP contribution in [0, 0.1) is 0 Å². The first kappa shape index (κ1) is 13.2. The first-order chi connectivity index (χ1) is 9.02. The molecular weight excluding hydrogens is 280 g/mol. The van der Waals surface area contributed by atoms with Crippen LogP contribution in [0.1, 0.15) is 26.7 Å². The van der Waals surface area contributed by atoms with Crippen LogP contribution in [-0.2, 0) is 4.74 Å². The van der Waals surface area contributed by atoms with E-state index in [0.29, 0.717) is 6.04 Å². The quantitative estimate of drug-likeness (QED) is 0.896. The Bertz CT molecular complexity index is 596. The van der Waals surface area contributed by atoms with Crippen molar-refractivity contribution in [1.82, 2.24) is 4.98 Å². The third kappa shape index (κ3) is 3.02. The molecule has 2 aromatic rings. The van der Waals surface area contributed by atoms with E-state index in [1.54, 1.807) is 11.3 Å². The number of thiazole rings is 1. The zero-order chi connectivity index (χ0) is 13.5. The number of benzene rings is 1. The number of halogens is 1. The van der Waals surface area contributed by atoms with Crippen molar-refractivity contribution in [3.63, 3.8) is 0 Å². The molecule has 1 saturated heterocycles. The third-order valence-electron chi connectivity index (χ3n) is 3.38. The van der Waals surface area contributed by atoms with Gasteiger partial charge >= 0.3 is 0 Å². The molecule has 0 bridgehead atoms. The number of rotatable bonds is 2. The Balaban J connectivity index is 1.77. The van der Waals surface area contributed by atoms with Crippen LogP contribution in [-0.4, -0.2) is 23.2 Å². The highest BCUT2D eigenvalue weighted by Gasteiger charge is 2.29. The molecule has 1 aliphatic heterocycles. The molecule has 1 N–H and O–H groups in total. The summed E-state index contributed by atoms with van der Waals surface area (Å²) in [5.74, 6) is 0. The summed E-state index contributed by atoms with van der Waals surface area (Å²) in [6.45, 7) is 5.08. The van der Waals surface area contributed by atoms with Gasteiger partial charge in [0.2, 0.25) is 0 Å². The van der Waals surface area contributed by atoms with Crippen LogP contribution in [0.15, 0.2) is 18.2 Å². The van der Waals surface area contributed by atoms with Gasteiger partial charge in [-0.2, -0.15) is 0 Å². The summed E-state index contributed by atoms with van der Waals surface area (Å²) in [6, 6.07) is 6.24. The Morgan fingerprint density at radius 3 is 3.11 bits per heavy atom. The lowest BCUT2D eigenvalue weighted by molar-refractivity contribution is -0.0553. The van der Waals surface area contributed by atoms with Crippen molar-refractivity contribution in [3.8, 4) is 0 Å². The standard InChI is InChI=1S/C14H17ClN2OS/c1-14(2)8-10(5-6-18-14)16-13-17-11-4-3-9(15)7-12(11)19-13/h3-4,7,10H,5-6,8H2,1-2H3,(H,16,17). The minimum Gasteiger partial charge on any atom is -0.375 e. The Hall–Kier alpha value is -0.840. The van der Waals surface area contributed by atoms with Crippen LogP contribution < -0.4 is 5.32 Å². The highest BCUT2D eigenvalue weighted by molar-refractivity contribution is 7.22. The van der Waals surface area contributed by atoms with Gasteiger partial charge in [-0.3, -0.25) is 0 Å². The number of nitrogens with one attached hydrogen (secondary N) is 1. The van der Waals surface area contributed by atoms with Gasteiger partial charge in [-0.15, -0.1) is 0 Å². The molecular formula is C14H17ClN2OS. The Labute approximate surface area is 121 Å². The predicted octanol–water partition coefficient (Wildman–Crippen LogP) is 4.32. The summed E-state index contributed by atoms with van der Waals surface area (Å²) in [5.41, 5.74) is 0.957. The maximum absolute atomic E-state index is 6.00. The fourth-order valence-electron chi connectivity index (χ4n) is 2.49. The fourth-order valence-corrected chi connectivity index (χ4v) is 3.71. The lowest BCUT2D eigenvalue weighted by Crippen LogP contribution is -2.40. The minimum absolute atomic E-state index is 0.0457. The molecule has 3 rings (SSSR count). The smallest absolute Gasteiger partial charge is 0.184 e. The van der Waals surface area contributed by atoms with E-state index in [2.05, 4.69) is 24.1 Å². The Morgan fingerprint density at radius 2 is 2.32 bits per heavy atom. The van der Waals surface area contributed by atoms with Crippen molar-refractivity contribution in [3.05, 3.63) is 23.2 Å². The Kier molecular flexibility index (Phi) is 3.41. The molecule has 1 unspecified atom stereocenters. The number of aromatic nitrogens is 1. The van der Waals surface area contributed by atoms with Gasteiger partial charge in [0.05, 0.1) is 15.8 Å². The second-order valence-corrected chi connectivity index (χ2v) is 7.04. The van der Waals surface area contributed by atoms with Gasteiger partial charge in [0.15, 0.2) is 5.13 Å². The van der Waals surface area contributed by atoms with Crippen LogP contribution in [0.4, 0.5) is 5.13 Å². The van der Waals surface area contributed by atoms with Gasteiger partial charge < -0.3 is 10.1 Å². The molecule has 0 amide bonds. The molecule has 0 aliphatic carbocycles. The zero-order valence-corrected chi connectivity index (χ0v) is 12.6. The lowest BCUT2D eigenvalue weighted by atomic mass is 9.94. The van der Waals surface area contributed by atoms with Crippen molar-refractivity contribution < 1.29 is 4.74 Å². The average Bonchev–Trinajstić information content (AvgIpc) is 2.68. The molecule has 0 radical (unpaired) electrons. The van der Waals surface area contributed by atoms with Crippen LogP contribution in [0.25, 0.3) is 10.2 Å². The van der Waals surface area contributed by atoms with E-state index in [0.717, 1.165) is 39.8 Å². The van der Waals surface area contributed by atoms with Crippen LogP contribution >= 0.6 is 22.9 Å². The fraction of sp³-hybridized carbons (Fsp3) is 0.500. The molecule has 102 valence electrons. The zero-order valence-electron chi connectivity index (χ0n) is 11.1. The van der Waals surface area contributed by atoms with Crippen LogP contribution in [0.3, 0.4) is 0 Å². The molecule has 0 spiro atoms. The van der Waals surface area contributed by atoms with Gasteiger partial charge in [0, 0.05) is 17.7 Å². The van der Waals surface area contributed by atoms with Crippen LogP contribution in [0.2, 0.25) is 5.02 Å². The second-order valence-electron chi connectivity index (χ2n) is 5.57. The number of nitrogens with zero attached hydrogens (tertiary/aromatic N) is 1. The van der Waals surface area contributed by atoms with Gasteiger partial charge in [0.25, 0.3) is 0 Å². The summed E-state index contributed by atoms with van der Waals surface area (Å²) in [5, 5.41) is 5.26. The number of anilines is 1. The number of ether oxygens (including phenoxy) is 1. The molecule has 1 fully saturated rings. The summed E-state index contributed by atoms with van der Waals surface area (Å²) in [7, 11) is 0.